The van der Waals surface area contributed by atoms with E-state index in [9.17, 15) is 13.2 Å². The minimum atomic E-state index is -4.53. The van der Waals surface area contributed by atoms with Crippen LogP contribution in [-0.4, -0.2) is 0 Å². The highest BCUT2D eigenvalue weighted by molar-refractivity contribution is 7.09. The lowest BCUT2D eigenvalue weighted by Crippen LogP contribution is -2.08. The maximum atomic E-state index is 12.6. The Morgan fingerprint density at radius 2 is 2.05 bits per heavy atom. The third kappa shape index (κ3) is 3.26. The Morgan fingerprint density at radius 1 is 1.26 bits per heavy atom. The second-order valence-corrected chi connectivity index (χ2v) is 4.72. The Kier molecular flexibility index (Phi) is 3.76. The molecule has 0 saturated heterocycles. The normalized spacial score (nSPS) is 11.1. The number of rotatable bonds is 3. The molecule has 1 heterocycles. The highest BCUT2D eigenvalue weighted by Gasteiger charge is 2.33. The Hall–Kier alpha value is -2.00. The number of thiophene rings is 1. The number of ether oxygens (including phenoxy) is 1. The van der Waals surface area contributed by atoms with Crippen molar-refractivity contribution in [3.8, 4) is 11.8 Å². The van der Waals surface area contributed by atoms with Gasteiger partial charge in [-0.1, -0.05) is 6.07 Å². The maximum absolute atomic E-state index is 12.6. The fourth-order valence-corrected chi connectivity index (χ4v) is 2.12. The van der Waals surface area contributed by atoms with Crippen molar-refractivity contribution >= 4 is 11.3 Å². The molecule has 0 bridgehead atoms. The number of alkyl halides is 3. The minimum Gasteiger partial charge on any atom is -0.488 e. The first kappa shape index (κ1) is 13.4. The monoisotopic (exact) mass is 283 g/mol. The van der Waals surface area contributed by atoms with Crippen molar-refractivity contribution < 1.29 is 17.9 Å². The molecular weight excluding hydrogens is 275 g/mol. The molecule has 2 rings (SSSR count). The Bertz CT molecular complexity index is 599. The smallest absolute Gasteiger partial charge is 0.417 e. The molecule has 0 radical (unpaired) electrons. The molecule has 0 aliphatic heterocycles. The van der Waals surface area contributed by atoms with Crippen LogP contribution in [0.15, 0.2) is 35.7 Å². The summed E-state index contributed by atoms with van der Waals surface area (Å²) in [5, 5.41) is 10.6. The van der Waals surface area contributed by atoms with Crippen molar-refractivity contribution in [3.05, 3.63) is 51.7 Å². The van der Waals surface area contributed by atoms with Gasteiger partial charge in [-0.3, -0.25) is 0 Å². The largest absolute Gasteiger partial charge is 0.488 e. The fraction of sp³-hybridized carbons (Fsp3) is 0.154. The average Bonchev–Trinajstić information content (AvgIpc) is 2.88. The number of nitriles is 1. The molecule has 98 valence electrons. The lowest BCUT2D eigenvalue weighted by atomic mass is 10.1. The molecule has 1 aromatic carbocycles. The molecule has 0 amide bonds. The van der Waals surface area contributed by atoms with E-state index in [2.05, 4.69) is 0 Å². The molecule has 1 aromatic heterocycles. The summed E-state index contributed by atoms with van der Waals surface area (Å²) in [7, 11) is 0. The highest BCUT2D eigenvalue weighted by atomic mass is 32.1. The molecule has 0 atom stereocenters. The summed E-state index contributed by atoms with van der Waals surface area (Å²) in [5.41, 5.74) is -1.38. The van der Waals surface area contributed by atoms with Gasteiger partial charge in [-0.05, 0) is 29.6 Å². The maximum Gasteiger partial charge on any atom is 0.417 e. The van der Waals surface area contributed by atoms with Gasteiger partial charge in [0.05, 0.1) is 17.2 Å². The number of benzene rings is 1. The van der Waals surface area contributed by atoms with Gasteiger partial charge in [-0.15, -0.1) is 11.3 Å². The molecule has 0 N–H and O–H groups in total. The quantitative estimate of drug-likeness (QED) is 0.845. The second-order valence-electron chi connectivity index (χ2n) is 3.68. The van der Waals surface area contributed by atoms with Gasteiger partial charge in [0.15, 0.2) is 0 Å². The summed E-state index contributed by atoms with van der Waals surface area (Å²) in [4.78, 5) is 0.957. The van der Waals surface area contributed by atoms with Crippen LogP contribution in [0.4, 0.5) is 13.2 Å². The third-order valence-corrected chi connectivity index (χ3v) is 3.23. The molecule has 0 saturated carbocycles. The number of hydrogen-bond donors (Lipinski definition) is 0. The SMILES string of the molecule is N#Cc1cc(OCc2cccs2)ccc1C(F)(F)F. The molecule has 6 heteroatoms. The van der Waals surface area contributed by atoms with E-state index < -0.39 is 17.3 Å². The molecule has 2 aromatic rings. The van der Waals surface area contributed by atoms with Crippen molar-refractivity contribution in [2.24, 2.45) is 0 Å². The van der Waals surface area contributed by atoms with Gasteiger partial charge in [-0.25, -0.2) is 0 Å². The van der Waals surface area contributed by atoms with Gasteiger partial charge in [0.1, 0.15) is 12.4 Å². The Balaban J connectivity index is 2.18. The molecule has 0 aliphatic carbocycles. The van der Waals surface area contributed by atoms with Gasteiger partial charge < -0.3 is 4.74 Å². The molecule has 0 unspecified atom stereocenters. The topological polar surface area (TPSA) is 33.0 Å². The molecular formula is C13H8F3NOS. The average molecular weight is 283 g/mol. The van der Waals surface area contributed by atoms with Crippen LogP contribution in [0.5, 0.6) is 5.75 Å². The van der Waals surface area contributed by atoms with Crippen molar-refractivity contribution in [1.29, 1.82) is 5.26 Å². The number of nitrogens with zero attached hydrogens (tertiary/aromatic N) is 1. The van der Waals surface area contributed by atoms with Gasteiger partial charge >= 0.3 is 6.18 Å². The van der Waals surface area contributed by atoms with Gasteiger partial charge in [0, 0.05) is 4.88 Å². The van der Waals surface area contributed by atoms with Gasteiger partial charge in [0.2, 0.25) is 0 Å². The summed E-state index contributed by atoms with van der Waals surface area (Å²) in [6, 6.07) is 8.45. The van der Waals surface area contributed by atoms with Crippen molar-refractivity contribution in [2.45, 2.75) is 12.8 Å². The van der Waals surface area contributed by atoms with Crippen LogP contribution < -0.4 is 4.74 Å². The fourth-order valence-electron chi connectivity index (χ4n) is 1.50. The molecule has 19 heavy (non-hydrogen) atoms. The zero-order valence-electron chi connectivity index (χ0n) is 9.57. The minimum absolute atomic E-state index is 0.248. The van der Waals surface area contributed by atoms with Crippen LogP contribution in [0.25, 0.3) is 0 Å². The number of halogens is 3. The van der Waals surface area contributed by atoms with Crippen molar-refractivity contribution in [2.75, 3.05) is 0 Å². The van der Waals surface area contributed by atoms with E-state index in [1.54, 1.807) is 0 Å². The van der Waals surface area contributed by atoms with E-state index >= 15 is 0 Å². The predicted octanol–water partition coefficient (Wildman–Crippen LogP) is 4.22. The van der Waals surface area contributed by atoms with Gasteiger partial charge in [-0.2, -0.15) is 18.4 Å². The first-order valence-electron chi connectivity index (χ1n) is 5.27. The predicted molar refractivity (Wildman–Crippen MR) is 64.8 cm³/mol. The van der Waals surface area contributed by atoms with Crippen molar-refractivity contribution in [3.63, 3.8) is 0 Å². The summed E-state index contributed by atoms with van der Waals surface area (Å²) < 4.78 is 43.1. The Morgan fingerprint density at radius 3 is 2.63 bits per heavy atom. The van der Waals surface area contributed by atoms with Crippen LogP contribution in [-0.2, 0) is 12.8 Å². The van der Waals surface area contributed by atoms with E-state index in [4.69, 9.17) is 10.00 Å². The van der Waals surface area contributed by atoms with Crippen LogP contribution in [0.1, 0.15) is 16.0 Å². The van der Waals surface area contributed by atoms with Crippen LogP contribution >= 0.6 is 11.3 Å². The van der Waals surface area contributed by atoms with Gasteiger partial charge in [0.25, 0.3) is 0 Å². The summed E-state index contributed by atoms with van der Waals surface area (Å²) in [6.07, 6.45) is -4.53. The van der Waals surface area contributed by atoms with Crippen LogP contribution in [0.3, 0.4) is 0 Å². The standard InChI is InChI=1S/C13H8F3NOS/c14-13(15,16)12-4-3-10(6-9(12)7-17)18-8-11-2-1-5-19-11/h1-6H,8H2. The second kappa shape index (κ2) is 5.33. The number of hydrogen-bond acceptors (Lipinski definition) is 3. The zero-order chi connectivity index (χ0) is 13.9. The van der Waals surface area contributed by atoms with E-state index in [1.165, 1.54) is 23.5 Å². The first-order chi connectivity index (χ1) is 9.00. The van der Waals surface area contributed by atoms with Crippen LogP contribution in [0.2, 0.25) is 0 Å². The molecule has 2 nitrogen and oxygen atoms in total. The summed E-state index contributed by atoms with van der Waals surface area (Å²) in [5.74, 6) is 0.248. The van der Waals surface area contributed by atoms with E-state index in [1.807, 2.05) is 17.5 Å². The van der Waals surface area contributed by atoms with Crippen LogP contribution in [0, 0.1) is 11.3 Å². The Labute approximate surface area is 111 Å². The summed E-state index contributed by atoms with van der Waals surface area (Å²) in [6.45, 7) is 0.272. The lowest BCUT2D eigenvalue weighted by Gasteiger charge is -2.10. The molecule has 0 fully saturated rings. The highest BCUT2D eigenvalue weighted by Crippen LogP contribution is 2.33. The zero-order valence-corrected chi connectivity index (χ0v) is 10.4. The summed E-state index contributed by atoms with van der Waals surface area (Å²) >= 11 is 1.49. The third-order valence-electron chi connectivity index (χ3n) is 2.38. The van der Waals surface area contributed by atoms with E-state index in [0.717, 1.165) is 17.0 Å². The van der Waals surface area contributed by atoms with Crippen molar-refractivity contribution in [1.82, 2.24) is 0 Å². The van der Waals surface area contributed by atoms with E-state index in [-0.39, 0.29) is 12.4 Å². The molecule has 0 spiro atoms. The molecule has 0 aliphatic rings. The lowest BCUT2D eigenvalue weighted by molar-refractivity contribution is -0.137. The first-order valence-corrected chi connectivity index (χ1v) is 6.15. The van der Waals surface area contributed by atoms with E-state index in [0.29, 0.717) is 0 Å².